The molecule has 0 aromatic heterocycles. The van der Waals surface area contributed by atoms with Gasteiger partial charge < -0.3 is 9.47 Å². The Labute approximate surface area is 159 Å². The summed E-state index contributed by atoms with van der Waals surface area (Å²) < 4.78 is 10.4. The van der Waals surface area contributed by atoms with Gasteiger partial charge in [0, 0.05) is 5.92 Å². The van der Waals surface area contributed by atoms with Crippen molar-refractivity contribution in [1.29, 1.82) is 0 Å². The molecule has 2 atom stereocenters. The molecule has 0 fully saturated rings. The Balaban J connectivity index is 2.02. The monoisotopic (exact) mass is 364 g/mol. The first kappa shape index (κ1) is 18.9. The fourth-order valence-corrected chi connectivity index (χ4v) is 3.68. The molecular formula is C23H24O4. The largest absolute Gasteiger partial charge is 0.497 e. The second-order valence-electron chi connectivity index (χ2n) is 6.70. The van der Waals surface area contributed by atoms with E-state index in [1.165, 1.54) is 0 Å². The fourth-order valence-electron chi connectivity index (χ4n) is 3.68. The van der Waals surface area contributed by atoms with E-state index in [-0.39, 0.29) is 18.3 Å². The van der Waals surface area contributed by atoms with Crippen LogP contribution in [-0.4, -0.2) is 25.5 Å². The second-order valence-corrected chi connectivity index (χ2v) is 6.70. The molecule has 1 aliphatic carbocycles. The molecule has 27 heavy (non-hydrogen) atoms. The molecule has 0 spiro atoms. The minimum Gasteiger partial charge on any atom is -0.497 e. The number of carbonyl (C=O) groups is 2. The van der Waals surface area contributed by atoms with Crippen molar-refractivity contribution in [3.05, 3.63) is 71.3 Å². The summed E-state index contributed by atoms with van der Waals surface area (Å²) in [6, 6.07) is 15.5. The van der Waals surface area contributed by atoms with Gasteiger partial charge in [-0.05, 0) is 60.7 Å². The highest BCUT2D eigenvalue weighted by Gasteiger charge is 2.40. The summed E-state index contributed by atoms with van der Waals surface area (Å²) in [4.78, 5) is 25.5. The van der Waals surface area contributed by atoms with Crippen LogP contribution >= 0.6 is 0 Å². The lowest BCUT2D eigenvalue weighted by molar-refractivity contribution is -0.151. The van der Waals surface area contributed by atoms with E-state index < -0.39 is 11.9 Å². The van der Waals surface area contributed by atoms with E-state index in [1.807, 2.05) is 55.5 Å². The molecule has 0 saturated heterocycles. The van der Waals surface area contributed by atoms with Gasteiger partial charge in [0.25, 0.3) is 0 Å². The summed E-state index contributed by atoms with van der Waals surface area (Å²) in [5, 5.41) is 0. The SMILES string of the molecule is CCOC(=O)[C@H]1C(=O)C=C(c2ccc(OC)cc2)C[C@@H]1c1ccccc1C. The molecule has 0 saturated carbocycles. The first-order valence-corrected chi connectivity index (χ1v) is 9.16. The predicted molar refractivity (Wildman–Crippen MR) is 105 cm³/mol. The molecule has 0 aliphatic heterocycles. The van der Waals surface area contributed by atoms with Gasteiger partial charge in [-0.1, -0.05) is 36.4 Å². The highest BCUT2D eigenvalue weighted by molar-refractivity contribution is 6.10. The smallest absolute Gasteiger partial charge is 0.317 e. The van der Waals surface area contributed by atoms with Gasteiger partial charge in [-0.2, -0.15) is 0 Å². The third-order valence-electron chi connectivity index (χ3n) is 5.05. The van der Waals surface area contributed by atoms with E-state index in [9.17, 15) is 9.59 Å². The average Bonchev–Trinajstić information content (AvgIpc) is 2.68. The lowest BCUT2D eigenvalue weighted by Gasteiger charge is -2.30. The molecule has 0 bridgehead atoms. The first-order chi connectivity index (χ1) is 13.0. The van der Waals surface area contributed by atoms with Crippen LogP contribution in [0.4, 0.5) is 0 Å². The van der Waals surface area contributed by atoms with Crippen LogP contribution in [0.5, 0.6) is 5.75 Å². The summed E-state index contributed by atoms with van der Waals surface area (Å²) >= 11 is 0. The minimum atomic E-state index is -0.798. The highest BCUT2D eigenvalue weighted by Crippen LogP contribution is 2.41. The Kier molecular flexibility index (Phi) is 5.75. The van der Waals surface area contributed by atoms with E-state index in [4.69, 9.17) is 9.47 Å². The van der Waals surface area contributed by atoms with Gasteiger partial charge in [-0.3, -0.25) is 9.59 Å². The van der Waals surface area contributed by atoms with Crippen LogP contribution in [-0.2, 0) is 14.3 Å². The molecule has 4 heteroatoms. The maximum atomic E-state index is 12.9. The minimum absolute atomic E-state index is 0.196. The molecule has 0 unspecified atom stereocenters. The zero-order valence-electron chi connectivity index (χ0n) is 15.9. The van der Waals surface area contributed by atoms with E-state index in [0.29, 0.717) is 6.42 Å². The van der Waals surface area contributed by atoms with Crippen molar-refractivity contribution in [2.75, 3.05) is 13.7 Å². The Bertz CT molecular complexity index is 864. The van der Waals surface area contributed by atoms with E-state index >= 15 is 0 Å². The van der Waals surface area contributed by atoms with Crippen LogP contribution in [0.15, 0.2) is 54.6 Å². The Morgan fingerprint density at radius 3 is 2.44 bits per heavy atom. The van der Waals surface area contributed by atoms with Gasteiger partial charge in [-0.15, -0.1) is 0 Å². The van der Waals surface area contributed by atoms with Gasteiger partial charge in [0.1, 0.15) is 11.7 Å². The van der Waals surface area contributed by atoms with Gasteiger partial charge >= 0.3 is 5.97 Å². The summed E-state index contributed by atoms with van der Waals surface area (Å²) in [5.41, 5.74) is 3.98. The van der Waals surface area contributed by atoms with Crippen LogP contribution < -0.4 is 4.74 Å². The first-order valence-electron chi connectivity index (χ1n) is 9.16. The maximum Gasteiger partial charge on any atom is 0.317 e. The molecule has 3 rings (SSSR count). The number of methoxy groups -OCH3 is 1. The van der Waals surface area contributed by atoms with Crippen LogP contribution in [0.1, 0.15) is 36.0 Å². The van der Waals surface area contributed by atoms with Crippen molar-refractivity contribution < 1.29 is 19.1 Å². The van der Waals surface area contributed by atoms with Gasteiger partial charge in [0.2, 0.25) is 0 Å². The summed E-state index contributed by atoms with van der Waals surface area (Å²) in [5.74, 6) is -0.909. The maximum absolute atomic E-state index is 12.9. The van der Waals surface area contributed by atoms with Crippen molar-refractivity contribution in [3.8, 4) is 5.75 Å². The third kappa shape index (κ3) is 3.95. The van der Waals surface area contributed by atoms with Gasteiger partial charge in [0.05, 0.1) is 13.7 Å². The van der Waals surface area contributed by atoms with Crippen molar-refractivity contribution in [2.45, 2.75) is 26.2 Å². The molecule has 1 aliphatic rings. The number of ether oxygens (including phenoxy) is 2. The molecule has 2 aromatic rings. The van der Waals surface area contributed by atoms with Gasteiger partial charge in [0.15, 0.2) is 5.78 Å². The molecule has 0 radical (unpaired) electrons. The molecule has 0 N–H and O–H groups in total. The van der Waals surface area contributed by atoms with Crippen molar-refractivity contribution in [2.24, 2.45) is 5.92 Å². The van der Waals surface area contributed by atoms with Crippen LogP contribution in [0, 0.1) is 12.8 Å². The lowest BCUT2D eigenvalue weighted by atomic mass is 9.72. The lowest BCUT2D eigenvalue weighted by Crippen LogP contribution is -2.34. The van der Waals surface area contributed by atoms with Crippen molar-refractivity contribution >= 4 is 17.3 Å². The number of rotatable bonds is 5. The number of aryl methyl sites for hydroxylation is 1. The molecule has 2 aromatic carbocycles. The van der Waals surface area contributed by atoms with E-state index in [2.05, 4.69) is 0 Å². The van der Waals surface area contributed by atoms with Crippen LogP contribution in [0.3, 0.4) is 0 Å². The number of ketones is 1. The van der Waals surface area contributed by atoms with Crippen LogP contribution in [0.25, 0.3) is 5.57 Å². The molecule has 4 nitrogen and oxygen atoms in total. The van der Waals surface area contributed by atoms with E-state index in [0.717, 1.165) is 28.0 Å². The Morgan fingerprint density at radius 2 is 1.81 bits per heavy atom. The number of benzene rings is 2. The summed E-state index contributed by atoms with van der Waals surface area (Å²) in [6.07, 6.45) is 2.20. The molecule has 0 heterocycles. The molecule has 140 valence electrons. The van der Waals surface area contributed by atoms with Crippen LogP contribution in [0.2, 0.25) is 0 Å². The Morgan fingerprint density at radius 1 is 1.11 bits per heavy atom. The van der Waals surface area contributed by atoms with Crippen molar-refractivity contribution in [1.82, 2.24) is 0 Å². The molecular weight excluding hydrogens is 340 g/mol. The molecule has 0 amide bonds. The number of carbonyl (C=O) groups excluding carboxylic acids is 2. The van der Waals surface area contributed by atoms with Gasteiger partial charge in [-0.25, -0.2) is 0 Å². The normalized spacial score (nSPS) is 19.4. The highest BCUT2D eigenvalue weighted by atomic mass is 16.5. The zero-order chi connectivity index (χ0) is 19.4. The average molecular weight is 364 g/mol. The second kappa shape index (κ2) is 8.21. The fraction of sp³-hybridized carbons (Fsp3) is 0.304. The number of allylic oxidation sites excluding steroid dienone is 2. The topological polar surface area (TPSA) is 52.6 Å². The van der Waals surface area contributed by atoms with E-state index in [1.54, 1.807) is 20.1 Å². The number of hydrogen-bond acceptors (Lipinski definition) is 4. The summed E-state index contributed by atoms with van der Waals surface area (Å²) in [6.45, 7) is 4.03. The Hall–Kier alpha value is -2.88. The summed E-state index contributed by atoms with van der Waals surface area (Å²) in [7, 11) is 1.62. The third-order valence-corrected chi connectivity index (χ3v) is 5.05. The quantitative estimate of drug-likeness (QED) is 0.586. The predicted octanol–water partition coefficient (Wildman–Crippen LogP) is 4.32. The van der Waals surface area contributed by atoms with Crippen molar-refractivity contribution in [3.63, 3.8) is 0 Å². The number of esters is 1. The standard InChI is InChI=1S/C23H24O4/c1-4-27-23(25)22-20(19-8-6-5-7-15(19)2)13-17(14-21(22)24)16-9-11-18(26-3)12-10-16/h5-12,14,20,22H,4,13H2,1-3H3/t20-,22-/m1/s1. The zero-order valence-corrected chi connectivity index (χ0v) is 15.9. The number of hydrogen-bond donors (Lipinski definition) is 0.